The molecule has 1 unspecified atom stereocenters. The quantitative estimate of drug-likeness (QED) is 0.798. The second-order valence-electron chi connectivity index (χ2n) is 6.91. The number of aliphatic hydroxyl groups excluding tert-OH is 1. The number of nitrogens with one attached hydrogen (secondary N) is 1. The standard InChI is InChI=1S/C20H27N3O3/c1-3-26-16-6-4-5-15(12-16)13-23(9-10-24)20(25)19-17-11-14(2)7-8-18(17)21-22-19/h4-6,12,14,24H,3,7-11,13H2,1-2H3,(H,21,22). The minimum atomic E-state index is -0.132. The zero-order valence-corrected chi connectivity index (χ0v) is 15.5. The van der Waals surface area contributed by atoms with E-state index < -0.39 is 0 Å². The maximum absolute atomic E-state index is 13.1. The summed E-state index contributed by atoms with van der Waals surface area (Å²) in [5.41, 5.74) is 3.59. The van der Waals surface area contributed by atoms with Crippen molar-refractivity contribution < 1.29 is 14.6 Å². The Morgan fingerprint density at radius 2 is 2.31 bits per heavy atom. The molecule has 2 N–H and O–H groups in total. The molecule has 1 aromatic heterocycles. The molecule has 2 aromatic rings. The average Bonchev–Trinajstić information content (AvgIpc) is 3.04. The van der Waals surface area contributed by atoms with Gasteiger partial charge in [0.25, 0.3) is 5.91 Å². The van der Waals surface area contributed by atoms with Gasteiger partial charge in [-0.05, 0) is 49.8 Å². The molecule has 0 saturated heterocycles. The second-order valence-corrected chi connectivity index (χ2v) is 6.91. The van der Waals surface area contributed by atoms with Crippen LogP contribution in [-0.4, -0.2) is 45.9 Å². The van der Waals surface area contributed by atoms with Crippen LogP contribution in [0, 0.1) is 5.92 Å². The van der Waals surface area contributed by atoms with Crippen LogP contribution in [0.4, 0.5) is 0 Å². The van der Waals surface area contributed by atoms with Crippen molar-refractivity contribution in [2.75, 3.05) is 19.8 Å². The number of hydrogen-bond acceptors (Lipinski definition) is 4. The Morgan fingerprint density at radius 3 is 3.08 bits per heavy atom. The van der Waals surface area contributed by atoms with Gasteiger partial charge in [-0.3, -0.25) is 9.89 Å². The predicted octanol–water partition coefficient (Wildman–Crippen LogP) is 2.57. The van der Waals surface area contributed by atoms with Crippen molar-refractivity contribution in [3.63, 3.8) is 0 Å². The summed E-state index contributed by atoms with van der Waals surface area (Å²) in [4.78, 5) is 14.7. The lowest BCUT2D eigenvalue weighted by atomic mass is 9.87. The lowest BCUT2D eigenvalue weighted by Gasteiger charge is -2.23. The van der Waals surface area contributed by atoms with Gasteiger partial charge in [-0.1, -0.05) is 19.1 Å². The highest BCUT2D eigenvalue weighted by molar-refractivity contribution is 5.94. The lowest BCUT2D eigenvalue weighted by molar-refractivity contribution is 0.0700. The minimum Gasteiger partial charge on any atom is -0.494 e. The highest BCUT2D eigenvalue weighted by Crippen LogP contribution is 2.27. The minimum absolute atomic E-state index is 0.0834. The number of aromatic amines is 1. The van der Waals surface area contributed by atoms with E-state index in [0.29, 0.717) is 24.8 Å². The molecule has 1 heterocycles. The molecule has 1 amide bonds. The van der Waals surface area contributed by atoms with E-state index in [1.54, 1.807) is 4.90 Å². The molecule has 6 heteroatoms. The smallest absolute Gasteiger partial charge is 0.275 e. The van der Waals surface area contributed by atoms with E-state index in [2.05, 4.69) is 17.1 Å². The molecule has 1 aliphatic carbocycles. The molecule has 6 nitrogen and oxygen atoms in total. The Morgan fingerprint density at radius 1 is 1.46 bits per heavy atom. The Balaban J connectivity index is 1.81. The van der Waals surface area contributed by atoms with E-state index in [4.69, 9.17) is 4.74 Å². The first kappa shape index (κ1) is 18.5. The Kier molecular flexibility index (Phi) is 5.93. The Hall–Kier alpha value is -2.34. The zero-order valence-electron chi connectivity index (χ0n) is 15.5. The number of carbonyl (C=O) groups is 1. The number of amides is 1. The Bertz CT molecular complexity index is 757. The van der Waals surface area contributed by atoms with Crippen LogP contribution in [0.3, 0.4) is 0 Å². The van der Waals surface area contributed by atoms with Crippen LogP contribution in [0.25, 0.3) is 0 Å². The van der Waals surface area contributed by atoms with Crippen LogP contribution in [0.1, 0.15) is 47.6 Å². The molecule has 0 radical (unpaired) electrons. The molecule has 0 aliphatic heterocycles. The normalized spacial score (nSPS) is 16.2. The van der Waals surface area contributed by atoms with E-state index >= 15 is 0 Å². The average molecular weight is 357 g/mol. The van der Waals surface area contributed by atoms with Crippen LogP contribution in [0.5, 0.6) is 5.75 Å². The van der Waals surface area contributed by atoms with Gasteiger partial charge in [0.2, 0.25) is 0 Å². The molecular weight excluding hydrogens is 330 g/mol. The van der Waals surface area contributed by atoms with Gasteiger partial charge in [0.1, 0.15) is 5.75 Å². The van der Waals surface area contributed by atoms with Crippen molar-refractivity contribution in [1.29, 1.82) is 0 Å². The number of rotatable bonds is 7. The molecule has 140 valence electrons. The first-order valence-corrected chi connectivity index (χ1v) is 9.30. The molecule has 0 spiro atoms. The maximum Gasteiger partial charge on any atom is 0.275 e. The molecule has 0 bridgehead atoms. The molecule has 0 fully saturated rings. The summed E-state index contributed by atoms with van der Waals surface area (Å²) in [6.45, 7) is 5.34. The zero-order chi connectivity index (χ0) is 18.5. The van der Waals surface area contributed by atoms with Gasteiger partial charge in [0.05, 0.1) is 13.2 Å². The summed E-state index contributed by atoms with van der Waals surface area (Å²) in [6.07, 6.45) is 2.93. The fraction of sp³-hybridized carbons (Fsp3) is 0.500. The molecule has 0 saturated carbocycles. The summed E-state index contributed by atoms with van der Waals surface area (Å²) in [5, 5.41) is 16.8. The van der Waals surface area contributed by atoms with Crippen molar-refractivity contribution in [2.45, 2.75) is 39.7 Å². The maximum atomic E-state index is 13.1. The summed E-state index contributed by atoms with van der Waals surface area (Å²) in [7, 11) is 0. The van der Waals surface area contributed by atoms with Gasteiger partial charge in [-0.2, -0.15) is 5.10 Å². The number of aryl methyl sites for hydroxylation is 1. The number of carbonyl (C=O) groups excluding carboxylic acids is 1. The van der Waals surface area contributed by atoms with Crippen LogP contribution in [0.2, 0.25) is 0 Å². The predicted molar refractivity (Wildman–Crippen MR) is 99.2 cm³/mol. The second kappa shape index (κ2) is 8.36. The van der Waals surface area contributed by atoms with Crippen molar-refractivity contribution in [1.82, 2.24) is 15.1 Å². The van der Waals surface area contributed by atoms with Gasteiger partial charge in [-0.25, -0.2) is 0 Å². The van der Waals surface area contributed by atoms with Crippen LogP contribution < -0.4 is 4.74 Å². The van der Waals surface area contributed by atoms with E-state index in [1.807, 2.05) is 31.2 Å². The first-order valence-electron chi connectivity index (χ1n) is 9.30. The summed E-state index contributed by atoms with van der Waals surface area (Å²) in [6, 6.07) is 7.71. The number of benzene rings is 1. The molecular formula is C20H27N3O3. The van der Waals surface area contributed by atoms with Crippen LogP contribution in [-0.2, 0) is 19.4 Å². The van der Waals surface area contributed by atoms with Crippen LogP contribution >= 0.6 is 0 Å². The fourth-order valence-electron chi connectivity index (χ4n) is 3.49. The summed E-state index contributed by atoms with van der Waals surface area (Å²) in [5.74, 6) is 1.21. The van der Waals surface area contributed by atoms with Gasteiger partial charge in [-0.15, -0.1) is 0 Å². The van der Waals surface area contributed by atoms with Gasteiger partial charge in [0.15, 0.2) is 5.69 Å². The van der Waals surface area contributed by atoms with E-state index in [9.17, 15) is 9.90 Å². The number of aromatic nitrogens is 2. The van der Waals surface area contributed by atoms with Crippen LogP contribution in [0.15, 0.2) is 24.3 Å². The van der Waals surface area contributed by atoms with E-state index in [-0.39, 0.29) is 19.1 Å². The number of H-pyrrole nitrogens is 1. The Labute approximate surface area is 154 Å². The van der Waals surface area contributed by atoms with Gasteiger partial charge in [0, 0.05) is 24.3 Å². The third-order valence-electron chi connectivity index (χ3n) is 4.84. The van der Waals surface area contributed by atoms with Gasteiger partial charge >= 0.3 is 0 Å². The first-order chi connectivity index (χ1) is 12.6. The van der Waals surface area contributed by atoms with Gasteiger partial charge < -0.3 is 14.7 Å². The van der Waals surface area contributed by atoms with E-state index in [0.717, 1.165) is 41.8 Å². The highest BCUT2D eigenvalue weighted by atomic mass is 16.5. The van der Waals surface area contributed by atoms with Crippen molar-refractivity contribution >= 4 is 5.91 Å². The number of fused-ring (bicyclic) bond motifs is 1. The largest absolute Gasteiger partial charge is 0.494 e. The van der Waals surface area contributed by atoms with E-state index in [1.165, 1.54) is 0 Å². The lowest BCUT2D eigenvalue weighted by Crippen LogP contribution is -2.34. The number of aliphatic hydroxyl groups is 1. The van der Waals surface area contributed by atoms with Crippen molar-refractivity contribution in [3.05, 3.63) is 46.8 Å². The SMILES string of the molecule is CCOc1cccc(CN(CCO)C(=O)c2n[nH]c3c2CC(C)CC3)c1. The summed E-state index contributed by atoms with van der Waals surface area (Å²) >= 11 is 0. The van der Waals surface area contributed by atoms with Crippen molar-refractivity contribution in [2.24, 2.45) is 5.92 Å². The third-order valence-corrected chi connectivity index (χ3v) is 4.84. The number of hydrogen-bond donors (Lipinski definition) is 2. The molecule has 26 heavy (non-hydrogen) atoms. The fourth-order valence-corrected chi connectivity index (χ4v) is 3.49. The highest BCUT2D eigenvalue weighted by Gasteiger charge is 2.27. The number of ether oxygens (including phenoxy) is 1. The molecule has 1 aliphatic rings. The number of nitrogens with zero attached hydrogens (tertiary/aromatic N) is 2. The molecule has 1 aromatic carbocycles. The topological polar surface area (TPSA) is 78.5 Å². The van der Waals surface area contributed by atoms with Crippen molar-refractivity contribution in [3.8, 4) is 5.75 Å². The summed E-state index contributed by atoms with van der Waals surface area (Å²) < 4.78 is 5.54. The third kappa shape index (κ3) is 4.07. The monoisotopic (exact) mass is 357 g/mol. The molecule has 3 rings (SSSR count). The molecule has 1 atom stereocenters.